The summed E-state index contributed by atoms with van der Waals surface area (Å²) in [5.74, 6) is 1.53. The molecule has 2 aromatic carbocycles. The molecule has 8 heteroatoms. The first-order chi connectivity index (χ1) is 18.3. The third-order valence-corrected chi connectivity index (χ3v) is 6.47. The number of benzene rings is 2. The zero-order valence-electron chi connectivity index (χ0n) is 23.0. The lowest BCUT2D eigenvalue weighted by molar-refractivity contribution is -0.0394. The van der Waals surface area contributed by atoms with Gasteiger partial charge in [-0.2, -0.15) is 5.10 Å². The molecule has 200 valence electrons. The molecule has 1 aliphatic rings. The van der Waals surface area contributed by atoms with E-state index in [0.29, 0.717) is 0 Å². The van der Waals surface area contributed by atoms with Crippen LogP contribution in [0.15, 0.2) is 55.0 Å². The average molecular weight is 516 g/mol. The largest absolute Gasteiger partial charge is 0.497 e. The van der Waals surface area contributed by atoms with Gasteiger partial charge in [-0.25, -0.2) is 9.67 Å². The van der Waals surface area contributed by atoms with Crippen LogP contribution in [0.4, 0.5) is 11.4 Å². The molecule has 0 spiro atoms. The van der Waals surface area contributed by atoms with E-state index < -0.39 is 0 Å². The van der Waals surface area contributed by atoms with E-state index in [4.69, 9.17) is 24.2 Å². The van der Waals surface area contributed by atoms with Gasteiger partial charge in [-0.05, 0) is 64.7 Å². The van der Waals surface area contributed by atoms with E-state index in [1.807, 2.05) is 62.2 Å². The number of aromatic nitrogens is 4. The van der Waals surface area contributed by atoms with Gasteiger partial charge in [-0.3, -0.25) is 4.98 Å². The van der Waals surface area contributed by atoms with Crippen molar-refractivity contribution in [2.24, 2.45) is 0 Å². The van der Waals surface area contributed by atoms with Crippen molar-refractivity contribution in [3.8, 4) is 22.8 Å². The van der Waals surface area contributed by atoms with Crippen LogP contribution in [0.5, 0.6) is 11.5 Å². The number of ether oxygens (including phenoxy) is 3. The zero-order valence-corrected chi connectivity index (χ0v) is 23.0. The molecule has 4 aromatic rings. The maximum atomic E-state index is 6.18. The van der Waals surface area contributed by atoms with Crippen molar-refractivity contribution in [1.82, 2.24) is 19.7 Å². The van der Waals surface area contributed by atoms with Crippen LogP contribution in [0, 0.1) is 0 Å². The number of rotatable bonds is 8. The molecule has 1 unspecified atom stereocenters. The molecule has 0 radical (unpaired) electrons. The van der Waals surface area contributed by atoms with Crippen LogP contribution in [-0.2, 0) is 4.74 Å². The Morgan fingerprint density at radius 2 is 1.87 bits per heavy atom. The molecular weight excluding hydrogens is 478 g/mol. The summed E-state index contributed by atoms with van der Waals surface area (Å²) in [6.07, 6.45) is 9.87. The first-order valence-corrected chi connectivity index (χ1v) is 13.4. The number of fused-ring (bicyclic) bond motifs is 1. The highest BCUT2D eigenvalue weighted by molar-refractivity contribution is 5.82. The number of hydrogen-bond acceptors (Lipinski definition) is 7. The molecule has 1 saturated heterocycles. The lowest BCUT2D eigenvalue weighted by Crippen LogP contribution is -2.23. The topological polar surface area (TPSA) is 74.5 Å². The summed E-state index contributed by atoms with van der Waals surface area (Å²) in [6, 6.07) is 12.2. The molecule has 2 aromatic heterocycles. The van der Waals surface area contributed by atoms with E-state index in [1.165, 1.54) is 0 Å². The molecule has 1 aliphatic heterocycles. The minimum absolute atomic E-state index is 0.00450. The second-order valence-corrected chi connectivity index (χ2v) is 10.7. The maximum absolute atomic E-state index is 6.18. The van der Waals surface area contributed by atoms with Gasteiger partial charge in [0, 0.05) is 54.5 Å². The Labute approximate surface area is 224 Å². The van der Waals surface area contributed by atoms with Crippen LogP contribution in [0.2, 0.25) is 0 Å². The highest BCUT2D eigenvalue weighted by Gasteiger charge is 2.19. The minimum atomic E-state index is -0.314. The first kappa shape index (κ1) is 26.0. The van der Waals surface area contributed by atoms with Gasteiger partial charge in [0.15, 0.2) is 0 Å². The van der Waals surface area contributed by atoms with Crippen molar-refractivity contribution in [2.45, 2.75) is 65.2 Å². The second-order valence-electron chi connectivity index (χ2n) is 10.7. The van der Waals surface area contributed by atoms with Crippen molar-refractivity contribution < 1.29 is 14.2 Å². The molecule has 0 N–H and O–H groups in total. The predicted octanol–water partition coefficient (Wildman–Crippen LogP) is 6.93. The van der Waals surface area contributed by atoms with Gasteiger partial charge in [0.05, 0.1) is 36.2 Å². The molecule has 5 rings (SSSR count). The van der Waals surface area contributed by atoms with E-state index in [-0.39, 0.29) is 11.8 Å². The number of methoxy groups -OCH3 is 1. The fraction of sp³-hybridized carbons (Fsp3) is 0.433. The van der Waals surface area contributed by atoms with Gasteiger partial charge in [0.2, 0.25) is 0 Å². The Bertz CT molecular complexity index is 1390. The fourth-order valence-corrected chi connectivity index (χ4v) is 4.74. The standard InChI is InChI=1S/C30H37N5O3/c1-6-12-34(23-14-24(36-5)17-25(15-23)38-30(2,3)4)22-10-11-26-27(16-22)33-28(19-31-26)21-18-32-35(20-21)29-9-7-8-13-37-29/h10-11,14-20,29H,6-9,12-13H2,1-5H3. The second kappa shape index (κ2) is 11.0. The lowest BCUT2D eigenvalue weighted by Gasteiger charge is -2.27. The van der Waals surface area contributed by atoms with Crippen molar-refractivity contribution in [3.05, 3.63) is 55.0 Å². The summed E-state index contributed by atoms with van der Waals surface area (Å²) in [5, 5.41) is 4.55. The van der Waals surface area contributed by atoms with Crippen LogP contribution < -0.4 is 14.4 Å². The highest BCUT2D eigenvalue weighted by Crippen LogP contribution is 2.35. The van der Waals surface area contributed by atoms with E-state index in [2.05, 4.69) is 35.1 Å². The van der Waals surface area contributed by atoms with Gasteiger partial charge in [0.25, 0.3) is 0 Å². The molecular formula is C30H37N5O3. The van der Waals surface area contributed by atoms with Gasteiger partial charge < -0.3 is 19.1 Å². The van der Waals surface area contributed by atoms with Crippen molar-refractivity contribution >= 4 is 22.4 Å². The first-order valence-electron chi connectivity index (χ1n) is 13.4. The molecule has 0 saturated carbocycles. The Kier molecular flexibility index (Phi) is 7.51. The van der Waals surface area contributed by atoms with E-state index in [0.717, 1.165) is 84.0 Å². The Morgan fingerprint density at radius 3 is 2.61 bits per heavy atom. The SMILES string of the molecule is CCCN(c1cc(OC)cc(OC(C)(C)C)c1)c1ccc2ncc(-c3cnn(C4CCCCO4)c3)nc2c1. The third-order valence-electron chi connectivity index (χ3n) is 6.47. The summed E-state index contributed by atoms with van der Waals surface area (Å²) in [4.78, 5) is 11.9. The Hall–Kier alpha value is -3.65. The summed E-state index contributed by atoms with van der Waals surface area (Å²) in [6.45, 7) is 9.91. The van der Waals surface area contributed by atoms with Crippen molar-refractivity contribution in [2.75, 3.05) is 25.2 Å². The van der Waals surface area contributed by atoms with E-state index in [9.17, 15) is 0 Å². The summed E-state index contributed by atoms with van der Waals surface area (Å²) < 4.78 is 19.6. The molecule has 0 bridgehead atoms. The predicted molar refractivity (Wildman–Crippen MR) is 150 cm³/mol. The molecule has 0 amide bonds. The minimum Gasteiger partial charge on any atom is -0.497 e. The maximum Gasteiger partial charge on any atom is 0.150 e. The van der Waals surface area contributed by atoms with Gasteiger partial charge in [-0.15, -0.1) is 0 Å². The highest BCUT2D eigenvalue weighted by atomic mass is 16.5. The van der Waals surface area contributed by atoms with Crippen LogP contribution in [0.3, 0.4) is 0 Å². The summed E-state index contributed by atoms with van der Waals surface area (Å²) in [7, 11) is 1.68. The number of nitrogens with zero attached hydrogens (tertiary/aromatic N) is 5. The quantitative estimate of drug-likeness (QED) is 0.252. The molecule has 3 heterocycles. The van der Waals surface area contributed by atoms with Crippen LogP contribution in [0.1, 0.15) is 59.6 Å². The van der Waals surface area contributed by atoms with E-state index >= 15 is 0 Å². The van der Waals surface area contributed by atoms with Crippen LogP contribution in [-0.4, -0.2) is 45.6 Å². The van der Waals surface area contributed by atoms with Crippen molar-refractivity contribution in [3.63, 3.8) is 0 Å². The van der Waals surface area contributed by atoms with Crippen LogP contribution in [0.25, 0.3) is 22.3 Å². The van der Waals surface area contributed by atoms with Crippen LogP contribution >= 0.6 is 0 Å². The van der Waals surface area contributed by atoms with Gasteiger partial charge in [-0.1, -0.05) is 6.92 Å². The smallest absolute Gasteiger partial charge is 0.150 e. The Morgan fingerprint density at radius 1 is 1.03 bits per heavy atom. The molecule has 8 nitrogen and oxygen atoms in total. The average Bonchev–Trinajstić information content (AvgIpc) is 3.41. The fourth-order valence-electron chi connectivity index (χ4n) is 4.74. The van der Waals surface area contributed by atoms with Gasteiger partial charge >= 0.3 is 0 Å². The Balaban J connectivity index is 1.48. The monoisotopic (exact) mass is 515 g/mol. The normalized spacial score (nSPS) is 16.0. The lowest BCUT2D eigenvalue weighted by atomic mass is 10.1. The summed E-state index contributed by atoms with van der Waals surface area (Å²) in [5.41, 5.74) is 5.12. The number of hydrogen-bond donors (Lipinski definition) is 0. The third kappa shape index (κ3) is 5.91. The molecule has 1 atom stereocenters. The summed E-state index contributed by atoms with van der Waals surface area (Å²) >= 11 is 0. The number of anilines is 2. The molecule has 38 heavy (non-hydrogen) atoms. The molecule has 0 aliphatic carbocycles. The van der Waals surface area contributed by atoms with Gasteiger partial charge in [0.1, 0.15) is 23.3 Å². The van der Waals surface area contributed by atoms with E-state index in [1.54, 1.807) is 7.11 Å². The zero-order chi connectivity index (χ0) is 26.7. The van der Waals surface area contributed by atoms with Crippen molar-refractivity contribution in [1.29, 1.82) is 0 Å². The molecule has 1 fully saturated rings.